The number of hydrogen-bond donors (Lipinski definition) is 0. The van der Waals surface area contributed by atoms with Crippen molar-refractivity contribution in [3.8, 4) is 0 Å². The number of thiazole rings is 1. The molecule has 0 radical (unpaired) electrons. The van der Waals surface area contributed by atoms with Gasteiger partial charge in [0.2, 0.25) is 0 Å². The van der Waals surface area contributed by atoms with E-state index in [4.69, 9.17) is 9.72 Å². The zero-order valence-electron chi connectivity index (χ0n) is 19.7. The van der Waals surface area contributed by atoms with Crippen LogP contribution in [0.4, 0.5) is 0 Å². The average molecular weight is 498 g/mol. The number of nitrogens with zero attached hydrogens (tertiary/aromatic N) is 9. The van der Waals surface area contributed by atoms with Crippen molar-refractivity contribution < 1.29 is 4.74 Å². The third-order valence-corrected chi connectivity index (χ3v) is 8.33. The van der Waals surface area contributed by atoms with Gasteiger partial charge in [0.15, 0.2) is 5.65 Å². The van der Waals surface area contributed by atoms with E-state index in [1.54, 1.807) is 33.2 Å². The highest BCUT2D eigenvalue weighted by Gasteiger charge is 2.19. The molecule has 0 saturated carbocycles. The molecule has 0 unspecified atom stereocenters. The average Bonchev–Trinajstić information content (AvgIpc) is 3.55. The minimum atomic E-state index is -1.11. The molecule has 5 aromatic rings. The Balaban J connectivity index is 1.34. The van der Waals surface area contributed by atoms with Crippen LogP contribution in [0.3, 0.4) is 0 Å². The third kappa shape index (κ3) is 4.58. The molecule has 34 heavy (non-hydrogen) atoms. The Morgan fingerprint density at radius 1 is 1.15 bits per heavy atom. The molecule has 0 amide bonds. The van der Waals surface area contributed by atoms with Crippen molar-refractivity contribution in [1.29, 1.82) is 0 Å². The Labute approximate surface area is 200 Å². The lowest BCUT2D eigenvalue weighted by Crippen LogP contribution is -2.25. The van der Waals surface area contributed by atoms with Crippen LogP contribution in [-0.4, -0.2) is 58.6 Å². The fourth-order valence-corrected chi connectivity index (χ4v) is 5.57. The van der Waals surface area contributed by atoms with E-state index < -0.39 is 8.07 Å². The lowest BCUT2D eigenvalue weighted by molar-refractivity contribution is 0.0782. The van der Waals surface area contributed by atoms with Gasteiger partial charge in [-0.15, -0.1) is 11.3 Å². The van der Waals surface area contributed by atoms with Crippen molar-refractivity contribution in [1.82, 2.24) is 43.9 Å². The molecular formula is C21H27N9O2SSi. The zero-order chi connectivity index (χ0) is 23.9. The summed E-state index contributed by atoms with van der Waals surface area (Å²) in [5, 5.41) is 14.8. The number of fused-ring (bicyclic) bond motifs is 3. The van der Waals surface area contributed by atoms with Crippen molar-refractivity contribution in [2.45, 2.75) is 45.5 Å². The molecule has 0 aliphatic heterocycles. The minimum Gasteiger partial charge on any atom is -0.360 e. The maximum atomic E-state index is 13.3. The summed E-state index contributed by atoms with van der Waals surface area (Å²) in [6.45, 7) is 8.96. The van der Waals surface area contributed by atoms with E-state index in [1.165, 1.54) is 11.0 Å². The second-order valence-electron chi connectivity index (χ2n) is 9.48. The summed E-state index contributed by atoms with van der Waals surface area (Å²) in [7, 11) is 0.750. The molecule has 5 rings (SSSR count). The fourth-order valence-electron chi connectivity index (χ4n) is 3.72. The lowest BCUT2D eigenvalue weighted by Gasteiger charge is -2.15. The monoisotopic (exact) mass is 497 g/mol. The number of ether oxygens (including phenoxy) is 1. The second kappa shape index (κ2) is 8.89. The van der Waals surface area contributed by atoms with Crippen LogP contribution in [0.25, 0.3) is 21.3 Å². The smallest absolute Gasteiger partial charge is 0.291 e. The van der Waals surface area contributed by atoms with Gasteiger partial charge >= 0.3 is 0 Å². The summed E-state index contributed by atoms with van der Waals surface area (Å²) in [5.41, 5.74) is 1.95. The Kier molecular flexibility index (Phi) is 5.91. The fraction of sp³-hybridized carbons (Fsp3) is 0.429. The maximum absolute atomic E-state index is 13.3. The molecule has 5 heterocycles. The van der Waals surface area contributed by atoms with E-state index in [0.29, 0.717) is 25.3 Å². The molecule has 0 N–H and O–H groups in total. The number of rotatable bonds is 9. The van der Waals surface area contributed by atoms with Crippen LogP contribution in [0, 0.1) is 0 Å². The Bertz CT molecular complexity index is 1490. The van der Waals surface area contributed by atoms with Gasteiger partial charge in [-0.25, -0.2) is 24.0 Å². The summed E-state index contributed by atoms with van der Waals surface area (Å²) in [6, 6.07) is 3.01. The Morgan fingerprint density at radius 2 is 2.00 bits per heavy atom. The van der Waals surface area contributed by atoms with E-state index in [0.717, 1.165) is 39.1 Å². The van der Waals surface area contributed by atoms with Crippen molar-refractivity contribution in [2.75, 3.05) is 6.61 Å². The topological polar surface area (TPSA) is 110 Å². The molecule has 0 aliphatic carbocycles. The third-order valence-electron chi connectivity index (χ3n) is 5.56. The molecule has 0 bridgehead atoms. The van der Waals surface area contributed by atoms with E-state index in [9.17, 15) is 4.79 Å². The van der Waals surface area contributed by atoms with Gasteiger partial charge in [-0.3, -0.25) is 4.79 Å². The van der Waals surface area contributed by atoms with E-state index in [2.05, 4.69) is 39.9 Å². The lowest BCUT2D eigenvalue weighted by atomic mass is 10.3. The SMILES string of the molecule is Cn1c2nc(Cn3cncn3)sc2c2cnn(Cc3ccn(COCC[Si](C)(C)C)n3)c(=O)c21. The summed E-state index contributed by atoms with van der Waals surface area (Å²) >= 11 is 1.54. The van der Waals surface area contributed by atoms with Gasteiger partial charge in [0, 0.05) is 33.3 Å². The van der Waals surface area contributed by atoms with Crippen LogP contribution in [0.2, 0.25) is 25.7 Å². The summed E-state index contributed by atoms with van der Waals surface area (Å²) in [5.74, 6) is 0. The minimum absolute atomic E-state index is 0.163. The van der Waals surface area contributed by atoms with E-state index in [1.807, 2.05) is 23.9 Å². The van der Waals surface area contributed by atoms with Gasteiger partial charge in [0.25, 0.3) is 5.56 Å². The summed E-state index contributed by atoms with van der Waals surface area (Å²) in [6.07, 6.45) is 6.77. The van der Waals surface area contributed by atoms with Crippen LogP contribution in [-0.2, 0) is 31.6 Å². The normalized spacial score (nSPS) is 12.4. The highest BCUT2D eigenvalue weighted by Crippen LogP contribution is 2.31. The number of hydrogen-bond acceptors (Lipinski definition) is 8. The highest BCUT2D eigenvalue weighted by molar-refractivity contribution is 7.19. The molecule has 0 saturated heterocycles. The molecular weight excluding hydrogens is 470 g/mol. The quantitative estimate of drug-likeness (QED) is 0.227. The van der Waals surface area contributed by atoms with Crippen molar-refractivity contribution in [2.24, 2.45) is 7.05 Å². The second-order valence-corrected chi connectivity index (χ2v) is 16.2. The molecule has 178 valence electrons. The first-order chi connectivity index (χ1) is 16.3. The zero-order valence-corrected chi connectivity index (χ0v) is 21.5. The Hall–Kier alpha value is -3.16. The summed E-state index contributed by atoms with van der Waals surface area (Å²) in [4.78, 5) is 21.9. The standard InChI is InChI=1S/C21H27N9O2SSi/c1-27-18-16(19-20(27)25-17(33-19)11-29-13-22-12-24-29)9-23-30(21(18)31)10-15-5-6-28(26-15)14-32-7-8-34(2,3)4/h5-6,9,12-13H,7-8,10-11,14H2,1-4H3. The Morgan fingerprint density at radius 3 is 2.76 bits per heavy atom. The van der Waals surface area contributed by atoms with Gasteiger partial charge in [-0.2, -0.15) is 15.3 Å². The number of aryl methyl sites for hydroxylation is 1. The van der Waals surface area contributed by atoms with Crippen LogP contribution >= 0.6 is 11.3 Å². The largest absolute Gasteiger partial charge is 0.360 e. The van der Waals surface area contributed by atoms with Gasteiger partial charge in [-0.1, -0.05) is 19.6 Å². The van der Waals surface area contributed by atoms with E-state index >= 15 is 0 Å². The highest BCUT2D eigenvalue weighted by atomic mass is 32.1. The van der Waals surface area contributed by atoms with Gasteiger partial charge < -0.3 is 9.30 Å². The first-order valence-corrected chi connectivity index (χ1v) is 15.6. The van der Waals surface area contributed by atoms with Crippen LogP contribution in [0.15, 0.2) is 35.9 Å². The summed E-state index contributed by atoms with van der Waals surface area (Å²) < 4.78 is 13.5. The first kappa shape index (κ1) is 22.6. The first-order valence-electron chi connectivity index (χ1n) is 11.0. The van der Waals surface area contributed by atoms with Crippen molar-refractivity contribution >= 4 is 40.7 Å². The molecule has 11 nitrogen and oxygen atoms in total. The molecule has 13 heteroatoms. The number of aromatic nitrogens is 9. The molecule has 5 aromatic heterocycles. The molecule has 0 aliphatic rings. The van der Waals surface area contributed by atoms with E-state index in [-0.39, 0.29) is 5.56 Å². The predicted molar refractivity (Wildman–Crippen MR) is 133 cm³/mol. The molecule has 0 atom stereocenters. The van der Waals surface area contributed by atoms with Crippen LogP contribution < -0.4 is 5.56 Å². The molecule has 0 fully saturated rings. The van der Waals surface area contributed by atoms with Crippen molar-refractivity contribution in [3.63, 3.8) is 0 Å². The van der Waals surface area contributed by atoms with Crippen molar-refractivity contribution in [3.05, 3.63) is 52.2 Å². The maximum Gasteiger partial charge on any atom is 0.291 e. The van der Waals surface area contributed by atoms with Crippen LogP contribution in [0.1, 0.15) is 10.7 Å². The van der Waals surface area contributed by atoms with Gasteiger partial charge in [0.05, 0.1) is 29.7 Å². The molecule has 0 spiro atoms. The predicted octanol–water partition coefficient (Wildman–Crippen LogP) is 2.54. The molecule has 0 aromatic carbocycles. The van der Waals surface area contributed by atoms with Crippen LogP contribution in [0.5, 0.6) is 0 Å². The van der Waals surface area contributed by atoms with Gasteiger partial charge in [-0.05, 0) is 12.1 Å². The van der Waals surface area contributed by atoms with Gasteiger partial charge in [0.1, 0.15) is 29.9 Å².